The standard InChI is InChI=1S/C11H9Cl2N5O/c1-14-8(19)6-4-2-3-5-7(6)15-11-17-9(12)16-10(13)18-11/h2-5H,1H3,(H,14,19)(H,15,16,17,18). The third kappa shape index (κ3) is 3.30. The van der Waals surface area contributed by atoms with Crippen molar-refractivity contribution in [3.63, 3.8) is 0 Å². The van der Waals surface area contributed by atoms with Crippen molar-refractivity contribution < 1.29 is 4.79 Å². The van der Waals surface area contributed by atoms with Gasteiger partial charge in [0.25, 0.3) is 5.91 Å². The fourth-order valence-corrected chi connectivity index (χ4v) is 1.79. The number of hydrogen-bond acceptors (Lipinski definition) is 5. The van der Waals surface area contributed by atoms with Crippen molar-refractivity contribution in [2.24, 2.45) is 0 Å². The molecule has 98 valence electrons. The average Bonchev–Trinajstić information content (AvgIpc) is 2.37. The minimum atomic E-state index is -0.227. The fraction of sp³-hybridized carbons (Fsp3) is 0.0909. The van der Waals surface area contributed by atoms with Crippen molar-refractivity contribution in [2.75, 3.05) is 12.4 Å². The third-order valence-corrected chi connectivity index (χ3v) is 2.56. The molecule has 1 heterocycles. The van der Waals surface area contributed by atoms with E-state index in [9.17, 15) is 4.79 Å². The van der Waals surface area contributed by atoms with Gasteiger partial charge >= 0.3 is 0 Å². The lowest BCUT2D eigenvalue weighted by Crippen LogP contribution is -2.19. The summed E-state index contributed by atoms with van der Waals surface area (Å²) in [6.07, 6.45) is 0. The maximum absolute atomic E-state index is 11.7. The zero-order valence-corrected chi connectivity index (χ0v) is 11.3. The SMILES string of the molecule is CNC(=O)c1ccccc1Nc1nc(Cl)nc(Cl)n1. The number of rotatable bonds is 3. The lowest BCUT2D eigenvalue weighted by atomic mass is 10.1. The second-order valence-electron chi connectivity index (χ2n) is 3.45. The number of nitrogens with one attached hydrogen (secondary N) is 2. The molecule has 2 rings (SSSR count). The molecule has 0 aliphatic rings. The Kier molecular flexibility index (Phi) is 4.13. The second kappa shape index (κ2) is 5.81. The summed E-state index contributed by atoms with van der Waals surface area (Å²) < 4.78 is 0. The molecule has 0 radical (unpaired) electrons. The van der Waals surface area contributed by atoms with Gasteiger partial charge in [0.05, 0.1) is 11.3 Å². The normalized spacial score (nSPS) is 10.1. The molecular weight excluding hydrogens is 289 g/mol. The van der Waals surface area contributed by atoms with Gasteiger partial charge in [-0.15, -0.1) is 0 Å². The minimum absolute atomic E-state index is 0.0278. The van der Waals surface area contributed by atoms with E-state index < -0.39 is 0 Å². The van der Waals surface area contributed by atoms with Crippen LogP contribution < -0.4 is 10.6 Å². The van der Waals surface area contributed by atoms with Crippen LogP contribution in [0.3, 0.4) is 0 Å². The van der Waals surface area contributed by atoms with Crippen molar-refractivity contribution in [3.05, 3.63) is 40.4 Å². The number of aromatic nitrogens is 3. The van der Waals surface area contributed by atoms with E-state index in [0.29, 0.717) is 11.3 Å². The summed E-state index contributed by atoms with van der Waals surface area (Å²) in [5, 5.41) is 5.37. The summed E-state index contributed by atoms with van der Waals surface area (Å²) in [7, 11) is 1.55. The summed E-state index contributed by atoms with van der Waals surface area (Å²) in [5.41, 5.74) is 0.998. The third-order valence-electron chi connectivity index (χ3n) is 2.23. The highest BCUT2D eigenvalue weighted by atomic mass is 35.5. The Hall–Kier alpha value is -1.92. The molecule has 0 spiro atoms. The first-order chi connectivity index (χ1) is 9.10. The molecule has 6 nitrogen and oxygen atoms in total. The van der Waals surface area contributed by atoms with Crippen LogP contribution in [0.5, 0.6) is 0 Å². The quantitative estimate of drug-likeness (QED) is 0.908. The Bertz CT molecular complexity index is 600. The molecule has 2 N–H and O–H groups in total. The molecule has 1 aromatic carbocycles. The molecule has 0 fully saturated rings. The number of carbonyl (C=O) groups excluding carboxylic acids is 1. The molecular formula is C11H9Cl2N5O. The number of carbonyl (C=O) groups is 1. The summed E-state index contributed by atoms with van der Waals surface area (Å²) in [5.74, 6) is -0.0595. The monoisotopic (exact) mass is 297 g/mol. The molecule has 19 heavy (non-hydrogen) atoms. The summed E-state index contributed by atoms with van der Waals surface area (Å²) in [6.45, 7) is 0. The number of para-hydroxylation sites is 1. The number of halogens is 2. The van der Waals surface area contributed by atoms with Gasteiger partial charge in [-0.3, -0.25) is 4.79 Å². The Morgan fingerprint density at radius 1 is 1.11 bits per heavy atom. The van der Waals surface area contributed by atoms with Crippen LogP contribution >= 0.6 is 23.2 Å². The van der Waals surface area contributed by atoms with E-state index in [0.717, 1.165) is 0 Å². The highest BCUT2D eigenvalue weighted by Gasteiger charge is 2.11. The van der Waals surface area contributed by atoms with Crippen molar-refractivity contribution >= 4 is 40.7 Å². The molecule has 8 heteroatoms. The lowest BCUT2D eigenvalue weighted by molar-refractivity contribution is 0.0964. The second-order valence-corrected chi connectivity index (χ2v) is 4.12. The number of hydrogen-bond donors (Lipinski definition) is 2. The minimum Gasteiger partial charge on any atom is -0.355 e. The predicted molar refractivity (Wildman–Crippen MR) is 73.0 cm³/mol. The van der Waals surface area contributed by atoms with Crippen LogP contribution in [0.1, 0.15) is 10.4 Å². The molecule has 1 aromatic heterocycles. The van der Waals surface area contributed by atoms with Crippen LogP contribution in [0.25, 0.3) is 0 Å². The van der Waals surface area contributed by atoms with Crippen molar-refractivity contribution in [1.82, 2.24) is 20.3 Å². The number of nitrogens with zero attached hydrogens (tertiary/aromatic N) is 3. The van der Waals surface area contributed by atoms with Gasteiger partial charge in [0, 0.05) is 7.05 Å². The maximum atomic E-state index is 11.7. The van der Waals surface area contributed by atoms with E-state index in [1.165, 1.54) is 0 Å². The number of anilines is 2. The molecule has 2 aromatic rings. The Labute approximate surface area is 119 Å². The largest absolute Gasteiger partial charge is 0.355 e. The molecule has 0 saturated heterocycles. The van der Waals surface area contributed by atoms with Gasteiger partial charge in [0.2, 0.25) is 16.5 Å². The van der Waals surface area contributed by atoms with Gasteiger partial charge in [-0.2, -0.15) is 15.0 Å². The van der Waals surface area contributed by atoms with Crippen LogP contribution in [-0.4, -0.2) is 27.9 Å². The van der Waals surface area contributed by atoms with E-state index >= 15 is 0 Å². The molecule has 0 aliphatic carbocycles. The lowest BCUT2D eigenvalue weighted by Gasteiger charge is -2.09. The van der Waals surface area contributed by atoms with Gasteiger partial charge in [-0.05, 0) is 35.3 Å². The van der Waals surface area contributed by atoms with Crippen LogP contribution in [-0.2, 0) is 0 Å². The van der Waals surface area contributed by atoms with Crippen LogP contribution in [0.15, 0.2) is 24.3 Å². The van der Waals surface area contributed by atoms with Gasteiger partial charge in [0.15, 0.2) is 0 Å². The summed E-state index contributed by atoms with van der Waals surface area (Å²) in [4.78, 5) is 23.1. The average molecular weight is 298 g/mol. The first-order valence-corrected chi connectivity index (χ1v) is 6.01. The van der Waals surface area contributed by atoms with E-state index in [2.05, 4.69) is 25.6 Å². The predicted octanol–water partition coefficient (Wildman–Crippen LogP) is 2.28. The van der Waals surface area contributed by atoms with E-state index in [1.54, 1.807) is 31.3 Å². The molecule has 0 atom stereocenters. The number of amides is 1. The Morgan fingerprint density at radius 3 is 2.37 bits per heavy atom. The van der Waals surface area contributed by atoms with E-state index in [4.69, 9.17) is 23.2 Å². The molecule has 0 saturated carbocycles. The van der Waals surface area contributed by atoms with E-state index in [-0.39, 0.29) is 22.4 Å². The number of benzene rings is 1. The fourth-order valence-electron chi connectivity index (χ4n) is 1.43. The first-order valence-electron chi connectivity index (χ1n) is 5.25. The topological polar surface area (TPSA) is 79.8 Å². The molecule has 0 aliphatic heterocycles. The van der Waals surface area contributed by atoms with Crippen LogP contribution in [0.2, 0.25) is 10.6 Å². The van der Waals surface area contributed by atoms with Crippen molar-refractivity contribution in [3.8, 4) is 0 Å². The maximum Gasteiger partial charge on any atom is 0.253 e. The zero-order valence-electron chi connectivity index (χ0n) is 9.82. The van der Waals surface area contributed by atoms with Gasteiger partial charge < -0.3 is 10.6 Å². The van der Waals surface area contributed by atoms with Crippen molar-refractivity contribution in [2.45, 2.75) is 0 Å². The molecule has 0 bridgehead atoms. The van der Waals surface area contributed by atoms with Gasteiger partial charge in [-0.1, -0.05) is 12.1 Å². The van der Waals surface area contributed by atoms with Gasteiger partial charge in [-0.25, -0.2) is 0 Å². The first kappa shape index (κ1) is 13.5. The smallest absolute Gasteiger partial charge is 0.253 e. The highest BCUT2D eigenvalue weighted by molar-refractivity contribution is 6.31. The highest BCUT2D eigenvalue weighted by Crippen LogP contribution is 2.20. The van der Waals surface area contributed by atoms with E-state index in [1.807, 2.05) is 0 Å². The van der Waals surface area contributed by atoms with Gasteiger partial charge in [0.1, 0.15) is 0 Å². The molecule has 0 unspecified atom stereocenters. The Balaban J connectivity index is 2.35. The Morgan fingerprint density at radius 2 is 1.74 bits per heavy atom. The van der Waals surface area contributed by atoms with Crippen molar-refractivity contribution in [1.29, 1.82) is 0 Å². The zero-order chi connectivity index (χ0) is 13.8. The summed E-state index contributed by atoms with van der Waals surface area (Å²) >= 11 is 11.4. The molecule has 1 amide bonds. The van der Waals surface area contributed by atoms with Crippen LogP contribution in [0.4, 0.5) is 11.6 Å². The summed E-state index contributed by atoms with van der Waals surface area (Å²) in [6, 6.07) is 6.92. The van der Waals surface area contributed by atoms with Crippen LogP contribution in [0, 0.1) is 0 Å².